The maximum Gasteiger partial charge on any atom is 0.231 e. The fourth-order valence-electron chi connectivity index (χ4n) is 4.46. The number of Topliss-reactive ketones (excluding diaryl/α,β-unsaturated/α-hetero) is 1. The molecular weight excluding hydrogens is 435 g/mol. The van der Waals surface area contributed by atoms with Gasteiger partial charge in [0.2, 0.25) is 5.78 Å². The lowest BCUT2D eigenvalue weighted by Crippen LogP contribution is -2.46. The molecule has 0 atom stereocenters. The SMILES string of the molecule is COc1ccccc1/C=C1\Oc2c(ccc(O)c2CN2CCN(c3ccccc3F)CC2)C1=O. The van der Waals surface area contributed by atoms with Crippen LogP contribution in [0.3, 0.4) is 0 Å². The monoisotopic (exact) mass is 460 g/mol. The van der Waals surface area contributed by atoms with E-state index in [0.29, 0.717) is 61.0 Å². The Labute approximate surface area is 197 Å². The Balaban J connectivity index is 1.35. The van der Waals surface area contributed by atoms with Gasteiger partial charge in [0, 0.05) is 38.3 Å². The molecule has 0 spiro atoms. The summed E-state index contributed by atoms with van der Waals surface area (Å²) in [6.45, 7) is 3.13. The lowest BCUT2D eigenvalue weighted by Gasteiger charge is -2.36. The van der Waals surface area contributed by atoms with Crippen LogP contribution in [-0.2, 0) is 6.54 Å². The molecule has 2 heterocycles. The lowest BCUT2D eigenvalue weighted by molar-refractivity contribution is 0.101. The van der Waals surface area contributed by atoms with E-state index in [4.69, 9.17) is 9.47 Å². The summed E-state index contributed by atoms with van der Waals surface area (Å²) >= 11 is 0. The zero-order chi connectivity index (χ0) is 23.7. The van der Waals surface area contributed by atoms with E-state index in [-0.39, 0.29) is 23.1 Å². The average Bonchev–Trinajstić information content (AvgIpc) is 3.17. The normalized spacial score (nSPS) is 17.1. The highest BCUT2D eigenvalue weighted by atomic mass is 19.1. The third-order valence-corrected chi connectivity index (χ3v) is 6.29. The molecule has 3 aromatic rings. The first kappa shape index (κ1) is 22.0. The quantitative estimate of drug-likeness (QED) is 0.567. The number of halogens is 1. The molecule has 174 valence electrons. The van der Waals surface area contributed by atoms with E-state index in [2.05, 4.69) is 4.90 Å². The summed E-state index contributed by atoms with van der Waals surface area (Å²) < 4.78 is 25.5. The van der Waals surface area contributed by atoms with E-state index >= 15 is 0 Å². The first-order valence-corrected chi connectivity index (χ1v) is 11.2. The number of phenolic OH excluding ortho intramolecular Hbond substituents is 1. The number of benzene rings is 3. The number of phenols is 1. The van der Waals surface area contributed by atoms with Crippen molar-refractivity contribution in [2.24, 2.45) is 0 Å². The van der Waals surface area contributed by atoms with Crippen LogP contribution in [-0.4, -0.2) is 49.1 Å². The minimum atomic E-state index is -0.230. The molecule has 2 aliphatic rings. The topological polar surface area (TPSA) is 62.2 Å². The third kappa shape index (κ3) is 4.10. The molecule has 34 heavy (non-hydrogen) atoms. The van der Waals surface area contributed by atoms with Gasteiger partial charge in [-0.2, -0.15) is 0 Å². The van der Waals surface area contributed by atoms with Crippen LogP contribution in [0, 0.1) is 5.82 Å². The summed E-state index contributed by atoms with van der Waals surface area (Å²) in [6.07, 6.45) is 1.66. The molecule has 1 N–H and O–H groups in total. The number of fused-ring (bicyclic) bond motifs is 1. The number of hydrogen-bond donors (Lipinski definition) is 1. The predicted molar refractivity (Wildman–Crippen MR) is 128 cm³/mol. The van der Waals surface area contributed by atoms with Crippen molar-refractivity contribution in [1.29, 1.82) is 0 Å². The summed E-state index contributed by atoms with van der Waals surface area (Å²) in [6, 6.07) is 17.3. The number of piperazine rings is 1. The highest BCUT2D eigenvalue weighted by molar-refractivity contribution is 6.15. The van der Waals surface area contributed by atoms with Crippen molar-refractivity contribution in [2.75, 3.05) is 38.2 Å². The average molecular weight is 461 g/mol. The van der Waals surface area contributed by atoms with Crippen LogP contribution >= 0.6 is 0 Å². The van der Waals surface area contributed by atoms with Gasteiger partial charge in [-0.05, 0) is 36.4 Å². The Kier molecular flexibility index (Phi) is 5.94. The number of para-hydroxylation sites is 2. The van der Waals surface area contributed by atoms with Gasteiger partial charge < -0.3 is 19.5 Å². The first-order chi connectivity index (χ1) is 16.5. The van der Waals surface area contributed by atoms with Crippen LogP contribution in [0.2, 0.25) is 0 Å². The van der Waals surface area contributed by atoms with Crippen molar-refractivity contribution >= 4 is 17.5 Å². The highest BCUT2D eigenvalue weighted by Crippen LogP contribution is 2.40. The fraction of sp³-hybridized carbons (Fsp3) is 0.222. The van der Waals surface area contributed by atoms with E-state index in [0.717, 1.165) is 5.56 Å². The molecule has 0 bridgehead atoms. The number of carbonyl (C=O) groups excluding carboxylic acids is 1. The van der Waals surface area contributed by atoms with Gasteiger partial charge in [0.05, 0.1) is 23.9 Å². The standard InChI is InChI=1S/C27H25FN2O4/c1-33-24-9-5-2-6-18(24)16-25-26(32)19-10-11-23(31)20(27(19)34-25)17-29-12-14-30(15-13-29)22-8-4-3-7-21(22)28/h2-11,16,31H,12-15,17H2,1H3/b25-16-. The van der Waals surface area contributed by atoms with E-state index in [1.54, 1.807) is 31.4 Å². The number of anilines is 1. The number of methoxy groups -OCH3 is 1. The van der Waals surface area contributed by atoms with Crippen LogP contribution in [0.5, 0.6) is 17.2 Å². The van der Waals surface area contributed by atoms with Gasteiger partial charge in [-0.25, -0.2) is 4.39 Å². The maximum atomic E-state index is 14.1. The van der Waals surface area contributed by atoms with Crippen molar-refractivity contribution in [1.82, 2.24) is 4.90 Å². The van der Waals surface area contributed by atoms with E-state index < -0.39 is 0 Å². The summed E-state index contributed by atoms with van der Waals surface area (Å²) in [5, 5.41) is 10.6. The largest absolute Gasteiger partial charge is 0.507 e. The van der Waals surface area contributed by atoms with Gasteiger partial charge >= 0.3 is 0 Å². The molecule has 7 heteroatoms. The summed E-state index contributed by atoms with van der Waals surface area (Å²) in [7, 11) is 1.57. The fourth-order valence-corrected chi connectivity index (χ4v) is 4.46. The number of aromatic hydroxyl groups is 1. The molecule has 0 unspecified atom stereocenters. The summed E-state index contributed by atoms with van der Waals surface area (Å²) in [4.78, 5) is 17.2. The number of rotatable bonds is 5. The summed E-state index contributed by atoms with van der Waals surface area (Å²) in [5.41, 5.74) is 2.34. The Hall–Kier alpha value is -3.84. The van der Waals surface area contributed by atoms with Crippen LogP contribution in [0.25, 0.3) is 6.08 Å². The molecule has 0 aromatic heterocycles. The molecule has 0 aliphatic carbocycles. The van der Waals surface area contributed by atoms with Crippen LogP contribution in [0.15, 0.2) is 66.4 Å². The summed E-state index contributed by atoms with van der Waals surface area (Å²) in [5.74, 6) is 0.848. The molecule has 0 amide bonds. The molecule has 0 saturated carbocycles. The molecule has 1 saturated heterocycles. The zero-order valence-electron chi connectivity index (χ0n) is 18.8. The Bertz CT molecular complexity index is 1270. The number of ketones is 1. The molecule has 3 aromatic carbocycles. The molecule has 6 nitrogen and oxygen atoms in total. The van der Waals surface area contributed by atoms with Gasteiger partial charge in [-0.15, -0.1) is 0 Å². The number of allylic oxidation sites excluding steroid dienone is 1. The van der Waals surface area contributed by atoms with Crippen LogP contribution < -0.4 is 14.4 Å². The molecular formula is C27H25FN2O4. The molecule has 5 rings (SSSR count). The lowest BCUT2D eigenvalue weighted by atomic mass is 10.0. The van der Waals surface area contributed by atoms with Gasteiger partial charge in [-0.3, -0.25) is 9.69 Å². The maximum absolute atomic E-state index is 14.1. The van der Waals surface area contributed by atoms with Crippen molar-refractivity contribution in [3.63, 3.8) is 0 Å². The molecule has 1 fully saturated rings. The van der Waals surface area contributed by atoms with E-state index in [1.165, 1.54) is 12.1 Å². The van der Waals surface area contributed by atoms with Crippen molar-refractivity contribution in [2.45, 2.75) is 6.54 Å². The Morgan fingerprint density at radius 3 is 2.53 bits per heavy atom. The first-order valence-electron chi connectivity index (χ1n) is 11.2. The number of ether oxygens (including phenoxy) is 2. The Morgan fingerprint density at radius 2 is 1.76 bits per heavy atom. The number of nitrogens with zero attached hydrogens (tertiary/aromatic N) is 2. The zero-order valence-corrected chi connectivity index (χ0v) is 18.8. The van der Waals surface area contributed by atoms with Crippen LogP contribution in [0.1, 0.15) is 21.5 Å². The molecule has 2 aliphatic heterocycles. The smallest absolute Gasteiger partial charge is 0.231 e. The third-order valence-electron chi connectivity index (χ3n) is 6.29. The highest BCUT2D eigenvalue weighted by Gasteiger charge is 2.32. The minimum absolute atomic E-state index is 0.0848. The van der Waals surface area contributed by atoms with Crippen LogP contribution in [0.4, 0.5) is 10.1 Å². The molecule has 0 radical (unpaired) electrons. The van der Waals surface area contributed by atoms with Crippen molar-refractivity contribution in [3.8, 4) is 17.2 Å². The van der Waals surface area contributed by atoms with Crippen molar-refractivity contribution < 1.29 is 23.8 Å². The van der Waals surface area contributed by atoms with E-state index in [1.807, 2.05) is 35.2 Å². The van der Waals surface area contributed by atoms with Crippen molar-refractivity contribution in [3.05, 3.63) is 88.9 Å². The number of hydrogen-bond acceptors (Lipinski definition) is 6. The van der Waals surface area contributed by atoms with Gasteiger partial charge in [0.1, 0.15) is 23.1 Å². The predicted octanol–water partition coefficient (Wildman–Crippen LogP) is 4.48. The second-order valence-corrected chi connectivity index (χ2v) is 8.34. The van der Waals surface area contributed by atoms with Gasteiger partial charge in [0.15, 0.2) is 5.76 Å². The second kappa shape index (κ2) is 9.19. The second-order valence-electron chi connectivity index (χ2n) is 8.34. The van der Waals surface area contributed by atoms with Gasteiger partial charge in [0.25, 0.3) is 0 Å². The number of carbonyl (C=O) groups is 1. The Morgan fingerprint density at radius 1 is 1.03 bits per heavy atom. The minimum Gasteiger partial charge on any atom is -0.507 e. The van der Waals surface area contributed by atoms with Gasteiger partial charge in [-0.1, -0.05) is 30.3 Å². The van der Waals surface area contributed by atoms with E-state index in [9.17, 15) is 14.3 Å².